The molecule has 1 amide bonds. The van der Waals surface area contributed by atoms with Gasteiger partial charge in [-0.05, 0) is 26.3 Å². The normalized spacial score (nSPS) is 15.0. The van der Waals surface area contributed by atoms with Crippen molar-refractivity contribution in [2.24, 2.45) is 0 Å². The molecule has 2 rings (SSSR count). The molecule has 2 heterocycles. The topological polar surface area (TPSA) is 84.9 Å². The highest BCUT2D eigenvalue weighted by Crippen LogP contribution is 2.34. The molecule has 0 bridgehead atoms. The van der Waals surface area contributed by atoms with Crippen LogP contribution in [0.4, 0.5) is 5.00 Å². The zero-order chi connectivity index (χ0) is 18.4. The van der Waals surface area contributed by atoms with Crippen molar-refractivity contribution in [1.82, 2.24) is 4.90 Å². The highest BCUT2D eigenvalue weighted by molar-refractivity contribution is 7.18. The first kappa shape index (κ1) is 19.6. The predicted octanol–water partition coefficient (Wildman–Crippen LogP) is 2.10. The summed E-state index contributed by atoms with van der Waals surface area (Å²) in [6, 6.07) is 0. The lowest BCUT2D eigenvalue weighted by Crippen LogP contribution is -2.38. The maximum absolute atomic E-state index is 12.3. The summed E-state index contributed by atoms with van der Waals surface area (Å²) < 4.78 is 10.3. The van der Waals surface area contributed by atoms with Crippen molar-refractivity contribution in [3.05, 3.63) is 16.0 Å². The Morgan fingerprint density at radius 1 is 1.28 bits per heavy atom. The van der Waals surface area contributed by atoms with E-state index in [0.717, 1.165) is 24.4 Å². The molecule has 1 aromatic heterocycles. The van der Waals surface area contributed by atoms with Crippen LogP contribution < -0.4 is 5.32 Å². The molecule has 0 atom stereocenters. The second-order valence-corrected chi connectivity index (χ2v) is 6.81. The number of anilines is 1. The molecule has 138 valence electrons. The summed E-state index contributed by atoms with van der Waals surface area (Å²) in [7, 11) is 0. The van der Waals surface area contributed by atoms with Crippen molar-refractivity contribution in [2.45, 2.75) is 27.2 Å². The molecular formula is C17H24N2O5S. The Kier molecular flexibility index (Phi) is 7.10. The van der Waals surface area contributed by atoms with Crippen LogP contribution in [0.3, 0.4) is 0 Å². The first-order chi connectivity index (χ1) is 11.9. The lowest BCUT2D eigenvalue weighted by Gasteiger charge is -2.26. The maximum Gasteiger partial charge on any atom is 0.341 e. The van der Waals surface area contributed by atoms with Gasteiger partial charge in [0.15, 0.2) is 5.78 Å². The average molecular weight is 368 g/mol. The van der Waals surface area contributed by atoms with Crippen LogP contribution in [0.1, 0.15) is 45.9 Å². The lowest BCUT2D eigenvalue weighted by molar-refractivity contribution is -0.116. The van der Waals surface area contributed by atoms with Gasteiger partial charge in [0, 0.05) is 26.1 Å². The Morgan fingerprint density at radius 3 is 2.56 bits per heavy atom. The van der Waals surface area contributed by atoms with E-state index in [9.17, 15) is 14.4 Å². The highest BCUT2D eigenvalue weighted by Gasteiger charge is 2.25. The Bertz CT molecular complexity index is 650. The molecule has 1 aliphatic heterocycles. The van der Waals surface area contributed by atoms with Crippen molar-refractivity contribution in [1.29, 1.82) is 0 Å². The molecule has 0 aromatic carbocycles. The number of hydrogen-bond acceptors (Lipinski definition) is 7. The smallest absolute Gasteiger partial charge is 0.341 e. The third-order valence-electron chi connectivity index (χ3n) is 3.96. The van der Waals surface area contributed by atoms with Gasteiger partial charge in [-0.15, -0.1) is 11.3 Å². The number of carbonyl (C=O) groups is 3. The van der Waals surface area contributed by atoms with Gasteiger partial charge >= 0.3 is 5.97 Å². The minimum atomic E-state index is -0.521. The van der Waals surface area contributed by atoms with Gasteiger partial charge in [-0.25, -0.2) is 4.79 Å². The third-order valence-corrected chi connectivity index (χ3v) is 5.27. The van der Waals surface area contributed by atoms with E-state index in [-0.39, 0.29) is 23.9 Å². The number of morpholine rings is 1. The van der Waals surface area contributed by atoms with Crippen LogP contribution in [0.2, 0.25) is 0 Å². The van der Waals surface area contributed by atoms with E-state index in [4.69, 9.17) is 9.47 Å². The quantitative estimate of drug-likeness (QED) is 0.586. The van der Waals surface area contributed by atoms with Crippen molar-refractivity contribution in [3.8, 4) is 0 Å². The zero-order valence-electron chi connectivity index (χ0n) is 14.8. The number of rotatable bonds is 7. The van der Waals surface area contributed by atoms with E-state index in [2.05, 4.69) is 10.2 Å². The van der Waals surface area contributed by atoms with Gasteiger partial charge in [0.05, 0.1) is 30.3 Å². The van der Waals surface area contributed by atoms with E-state index in [1.54, 1.807) is 13.8 Å². The van der Waals surface area contributed by atoms with E-state index in [1.165, 1.54) is 6.92 Å². The van der Waals surface area contributed by atoms with Gasteiger partial charge in [-0.3, -0.25) is 14.5 Å². The summed E-state index contributed by atoms with van der Waals surface area (Å²) in [6.07, 6.45) is 0.314. The van der Waals surface area contributed by atoms with Gasteiger partial charge in [-0.2, -0.15) is 0 Å². The van der Waals surface area contributed by atoms with Crippen molar-refractivity contribution in [3.63, 3.8) is 0 Å². The van der Waals surface area contributed by atoms with Crippen molar-refractivity contribution >= 4 is 34.0 Å². The van der Waals surface area contributed by atoms with Gasteiger partial charge in [0.25, 0.3) is 0 Å². The Hall–Kier alpha value is -1.77. The molecule has 0 radical (unpaired) electrons. The SMILES string of the molecule is CCOC(=O)c1c(NC(=O)CCN2CCOCC2)sc(C(C)=O)c1C. The predicted molar refractivity (Wildman–Crippen MR) is 95.5 cm³/mol. The molecule has 1 aliphatic rings. The minimum absolute atomic E-state index is 0.137. The van der Waals surface area contributed by atoms with E-state index in [0.29, 0.717) is 41.6 Å². The van der Waals surface area contributed by atoms with Crippen LogP contribution in [0, 0.1) is 6.92 Å². The summed E-state index contributed by atoms with van der Waals surface area (Å²) in [5, 5.41) is 3.16. The second-order valence-electron chi connectivity index (χ2n) is 5.79. The fourth-order valence-electron chi connectivity index (χ4n) is 2.66. The Balaban J connectivity index is 2.08. The molecule has 8 heteroatoms. The summed E-state index contributed by atoms with van der Waals surface area (Å²) in [5.74, 6) is -0.845. The van der Waals surface area contributed by atoms with Crippen molar-refractivity contribution in [2.75, 3.05) is 44.8 Å². The summed E-state index contributed by atoms with van der Waals surface area (Å²) in [6.45, 7) is 8.71. The molecule has 1 saturated heterocycles. The number of ether oxygens (including phenoxy) is 2. The second kappa shape index (κ2) is 9.07. The van der Waals surface area contributed by atoms with Crippen LogP contribution >= 0.6 is 11.3 Å². The standard InChI is InChI=1S/C17H24N2O5S/c1-4-24-17(22)14-11(2)15(12(3)20)25-16(14)18-13(21)5-6-19-7-9-23-10-8-19/h4-10H2,1-3H3,(H,18,21). The number of amides is 1. The van der Waals surface area contributed by atoms with E-state index in [1.807, 2.05) is 0 Å². The Labute approximate surface area is 151 Å². The maximum atomic E-state index is 12.3. The number of hydrogen-bond donors (Lipinski definition) is 1. The molecule has 1 N–H and O–H groups in total. The number of carbonyl (C=O) groups excluding carboxylic acids is 3. The van der Waals surface area contributed by atoms with E-state index >= 15 is 0 Å². The number of nitrogens with one attached hydrogen (secondary N) is 1. The van der Waals surface area contributed by atoms with Gasteiger partial charge in [-0.1, -0.05) is 0 Å². The third kappa shape index (κ3) is 5.10. The number of Topliss-reactive ketones (excluding diaryl/α,β-unsaturated/α-hetero) is 1. The molecule has 0 aliphatic carbocycles. The molecule has 1 fully saturated rings. The van der Waals surface area contributed by atoms with Crippen LogP contribution in [-0.2, 0) is 14.3 Å². The lowest BCUT2D eigenvalue weighted by atomic mass is 10.1. The van der Waals surface area contributed by atoms with Crippen LogP contribution in [0.15, 0.2) is 0 Å². The number of esters is 1. The van der Waals surface area contributed by atoms with Crippen molar-refractivity contribution < 1.29 is 23.9 Å². The number of nitrogens with zero attached hydrogens (tertiary/aromatic N) is 1. The van der Waals surface area contributed by atoms with E-state index < -0.39 is 5.97 Å². The largest absolute Gasteiger partial charge is 0.462 e. The zero-order valence-corrected chi connectivity index (χ0v) is 15.7. The molecule has 0 saturated carbocycles. The van der Waals surface area contributed by atoms with Crippen LogP contribution in [0.25, 0.3) is 0 Å². The van der Waals surface area contributed by atoms with Gasteiger partial charge < -0.3 is 14.8 Å². The first-order valence-electron chi connectivity index (χ1n) is 8.35. The first-order valence-corrected chi connectivity index (χ1v) is 9.17. The summed E-state index contributed by atoms with van der Waals surface area (Å²) in [5.41, 5.74) is 0.830. The van der Waals surface area contributed by atoms with Crippen LogP contribution in [0.5, 0.6) is 0 Å². The fourth-order valence-corrected chi connectivity index (χ4v) is 3.77. The summed E-state index contributed by atoms with van der Waals surface area (Å²) in [4.78, 5) is 38.9. The van der Waals surface area contributed by atoms with Gasteiger partial charge in [0.1, 0.15) is 5.00 Å². The molecule has 7 nitrogen and oxygen atoms in total. The highest BCUT2D eigenvalue weighted by atomic mass is 32.1. The minimum Gasteiger partial charge on any atom is -0.462 e. The average Bonchev–Trinajstić information content (AvgIpc) is 2.90. The fraction of sp³-hybridized carbons (Fsp3) is 0.588. The molecular weight excluding hydrogens is 344 g/mol. The molecule has 0 spiro atoms. The molecule has 25 heavy (non-hydrogen) atoms. The summed E-state index contributed by atoms with van der Waals surface area (Å²) >= 11 is 1.12. The van der Waals surface area contributed by atoms with Crippen LogP contribution in [-0.4, -0.2) is 62.0 Å². The Morgan fingerprint density at radius 2 is 1.96 bits per heavy atom. The van der Waals surface area contributed by atoms with Gasteiger partial charge in [0.2, 0.25) is 5.91 Å². The number of thiophene rings is 1. The number of ketones is 1. The molecule has 1 aromatic rings. The molecule has 0 unspecified atom stereocenters. The monoisotopic (exact) mass is 368 g/mol.